The van der Waals surface area contributed by atoms with Gasteiger partial charge in [0.25, 0.3) is 0 Å². The summed E-state index contributed by atoms with van der Waals surface area (Å²) in [6, 6.07) is 16.0. The largest absolute Gasteiger partial charge is 0.792 e. The lowest BCUT2D eigenvalue weighted by Gasteiger charge is -2.21. The Labute approximate surface area is 104 Å². The molecule has 2 aromatic carbocycles. The number of benzene rings is 2. The molecular weight excluding hydrogens is 228 g/mol. The summed E-state index contributed by atoms with van der Waals surface area (Å²) in [5.74, 6) is 0. The molecule has 18 heavy (non-hydrogen) atoms. The van der Waals surface area contributed by atoms with E-state index in [1.54, 1.807) is 12.1 Å². The van der Waals surface area contributed by atoms with Gasteiger partial charge in [-0.2, -0.15) is 0 Å². The van der Waals surface area contributed by atoms with Crippen molar-refractivity contribution in [3.05, 3.63) is 70.9 Å². The summed E-state index contributed by atoms with van der Waals surface area (Å²) in [5, 5.41) is 25.5. The predicted molar refractivity (Wildman–Crippen MR) is 69.8 cm³/mol. The second-order valence-corrected chi connectivity index (χ2v) is 4.15. The second kappa shape index (κ2) is 4.16. The molecule has 90 valence electrons. The monoisotopic (exact) mass is 239 g/mol. The highest BCUT2D eigenvalue weighted by Crippen LogP contribution is 2.39. The highest BCUT2D eigenvalue weighted by atomic mass is 16.5. The third kappa shape index (κ3) is 1.47. The van der Waals surface area contributed by atoms with Crippen molar-refractivity contribution in [1.29, 1.82) is 0 Å². The van der Waals surface area contributed by atoms with E-state index in [2.05, 4.69) is 5.16 Å². The van der Waals surface area contributed by atoms with E-state index in [4.69, 9.17) is 0 Å². The van der Waals surface area contributed by atoms with Gasteiger partial charge in [0.05, 0.1) is 11.4 Å². The SMILES string of the molecule is [O-]/N=C1/c2ccccc2N(O)C1c1ccccc1. The van der Waals surface area contributed by atoms with Crippen LogP contribution in [0.4, 0.5) is 5.69 Å². The topological polar surface area (TPSA) is 58.9 Å². The summed E-state index contributed by atoms with van der Waals surface area (Å²) in [7, 11) is 0. The molecule has 1 aliphatic heterocycles. The van der Waals surface area contributed by atoms with E-state index in [9.17, 15) is 10.4 Å². The van der Waals surface area contributed by atoms with Crippen LogP contribution in [0, 0.1) is 5.21 Å². The number of para-hydroxylation sites is 1. The van der Waals surface area contributed by atoms with Crippen molar-refractivity contribution in [3.63, 3.8) is 0 Å². The van der Waals surface area contributed by atoms with E-state index in [-0.39, 0.29) is 0 Å². The highest BCUT2D eigenvalue weighted by molar-refractivity contribution is 6.14. The summed E-state index contributed by atoms with van der Waals surface area (Å²) >= 11 is 0. The maximum absolute atomic E-state index is 11.1. The Bertz CT molecular complexity index is 596. The summed E-state index contributed by atoms with van der Waals surface area (Å²) in [4.78, 5) is 0. The first-order chi connectivity index (χ1) is 8.83. The van der Waals surface area contributed by atoms with Crippen molar-refractivity contribution in [2.75, 3.05) is 5.06 Å². The quantitative estimate of drug-likeness (QED) is 0.778. The molecule has 0 saturated carbocycles. The van der Waals surface area contributed by atoms with Crippen LogP contribution in [0.1, 0.15) is 17.2 Å². The summed E-state index contributed by atoms with van der Waals surface area (Å²) in [5.41, 5.74) is 2.48. The van der Waals surface area contributed by atoms with Crippen LogP contribution < -0.4 is 5.06 Å². The zero-order chi connectivity index (χ0) is 12.5. The molecule has 1 aliphatic rings. The van der Waals surface area contributed by atoms with E-state index in [1.165, 1.54) is 0 Å². The normalized spacial score (nSPS) is 20.2. The molecule has 0 aromatic heterocycles. The Morgan fingerprint density at radius 1 is 1.00 bits per heavy atom. The molecule has 4 heteroatoms. The standard InChI is InChI=1S/C14H12N2O2/c17-15-13-11-8-4-5-9-12(11)16(18)14(13)10-6-2-1-3-7-10/h1-9,14,17-18H/p-1/b15-13-. The first-order valence-electron chi connectivity index (χ1n) is 5.65. The van der Waals surface area contributed by atoms with Crippen LogP contribution in [-0.4, -0.2) is 10.9 Å². The van der Waals surface area contributed by atoms with Gasteiger partial charge in [0.15, 0.2) is 0 Å². The Hall–Kier alpha value is -2.33. The fraction of sp³-hybridized carbons (Fsp3) is 0.0714. The van der Waals surface area contributed by atoms with Gasteiger partial charge in [-0.25, -0.2) is 5.06 Å². The number of fused-ring (bicyclic) bond motifs is 1. The molecular formula is C14H11N2O2-. The Balaban J connectivity index is 2.14. The van der Waals surface area contributed by atoms with Gasteiger partial charge in [-0.05, 0) is 11.6 Å². The number of hydrogen-bond donors (Lipinski definition) is 1. The molecule has 0 aliphatic carbocycles. The Morgan fingerprint density at radius 3 is 2.39 bits per heavy atom. The number of anilines is 1. The van der Waals surface area contributed by atoms with Crippen molar-refractivity contribution in [2.45, 2.75) is 6.04 Å². The van der Waals surface area contributed by atoms with Gasteiger partial charge in [0.2, 0.25) is 0 Å². The number of rotatable bonds is 1. The van der Waals surface area contributed by atoms with Crippen LogP contribution in [0.5, 0.6) is 0 Å². The first kappa shape index (κ1) is 10.8. The second-order valence-electron chi connectivity index (χ2n) is 4.15. The van der Waals surface area contributed by atoms with Crippen LogP contribution in [0.15, 0.2) is 59.8 Å². The van der Waals surface area contributed by atoms with E-state index >= 15 is 0 Å². The first-order valence-corrected chi connectivity index (χ1v) is 5.65. The van der Waals surface area contributed by atoms with Crippen LogP contribution in [0.3, 0.4) is 0 Å². The van der Waals surface area contributed by atoms with E-state index in [1.807, 2.05) is 42.5 Å². The Kier molecular flexibility index (Phi) is 2.50. The fourth-order valence-electron chi connectivity index (χ4n) is 2.33. The molecule has 3 rings (SSSR count). The summed E-state index contributed by atoms with van der Waals surface area (Å²) in [6.07, 6.45) is 0. The zero-order valence-corrected chi connectivity index (χ0v) is 9.52. The van der Waals surface area contributed by atoms with Crippen molar-refractivity contribution < 1.29 is 5.21 Å². The van der Waals surface area contributed by atoms with Crippen LogP contribution in [0.2, 0.25) is 0 Å². The van der Waals surface area contributed by atoms with Crippen molar-refractivity contribution in [2.24, 2.45) is 5.16 Å². The van der Waals surface area contributed by atoms with Gasteiger partial charge in [-0.15, -0.1) is 0 Å². The molecule has 0 radical (unpaired) electrons. The third-order valence-electron chi connectivity index (χ3n) is 3.14. The summed E-state index contributed by atoms with van der Waals surface area (Å²) in [6.45, 7) is 0. The molecule has 1 N–H and O–H groups in total. The van der Waals surface area contributed by atoms with Gasteiger partial charge in [0.1, 0.15) is 6.04 Å². The molecule has 0 saturated heterocycles. The van der Waals surface area contributed by atoms with E-state index in [0.717, 1.165) is 10.6 Å². The lowest BCUT2D eigenvalue weighted by Crippen LogP contribution is -2.24. The number of hydroxylamine groups is 1. The maximum atomic E-state index is 11.1. The lowest BCUT2D eigenvalue weighted by molar-refractivity contribution is 0.244. The van der Waals surface area contributed by atoms with Crippen molar-refractivity contribution in [3.8, 4) is 0 Å². The smallest absolute Gasteiger partial charge is 0.123 e. The molecule has 2 aromatic rings. The highest BCUT2D eigenvalue weighted by Gasteiger charge is 2.34. The fourth-order valence-corrected chi connectivity index (χ4v) is 2.33. The number of nitrogens with zero attached hydrogens (tertiary/aromatic N) is 2. The molecule has 0 amide bonds. The molecule has 0 bridgehead atoms. The minimum Gasteiger partial charge on any atom is -0.792 e. The van der Waals surface area contributed by atoms with Crippen LogP contribution in [-0.2, 0) is 0 Å². The van der Waals surface area contributed by atoms with Gasteiger partial charge < -0.3 is 10.4 Å². The van der Waals surface area contributed by atoms with Gasteiger partial charge in [-0.3, -0.25) is 5.21 Å². The van der Waals surface area contributed by atoms with Crippen LogP contribution >= 0.6 is 0 Å². The van der Waals surface area contributed by atoms with Crippen molar-refractivity contribution >= 4 is 11.4 Å². The zero-order valence-electron chi connectivity index (χ0n) is 9.52. The number of hydrogen-bond acceptors (Lipinski definition) is 4. The minimum atomic E-state index is -0.527. The average Bonchev–Trinajstić information content (AvgIpc) is 2.73. The molecule has 4 nitrogen and oxygen atoms in total. The minimum absolute atomic E-state index is 0.347. The Morgan fingerprint density at radius 2 is 1.67 bits per heavy atom. The maximum Gasteiger partial charge on any atom is 0.123 e. The molecule has 0 spiro atoms. The third-order valence-corrected chi connectivity index (χ3v) is 3.14. The molecule has 0 fully saturated rings. The van der Waals surface area contributed by atoms with Gasteiger partial charge in [0, 0.05) is 5.56 Å². The molecule has 1 unspecified atom stereocenters. The average molecular weight is 239 g/mol. The van der Waals surface area contributed by atoms with E-state index < -0.39 is 6.04 Å². The summed E-state index contributed by atoms with van der Waals surface area (Å²) < 4.78 is 0. The van der Waals surface area contributed by atoms with Gasteiger partial charge >= 0.3 is 0 Å². The lowest BCUT2D eigenvalue weighted by atomic mass is 10.0. The van der Waals surface area contributed by atoms with Crippen LogP contribution in [0.25, 0.3) is 0 Å². The van der Waals surface area contributed by atoms with E-state index in [0.29, 0.717) is 17.0 Å². The molecule has 1 heterocycles. The predicted octanol–water partition coefficient (Wildman–Crippen LogP) is 2.92. The van der Waals surface area contributed by atoms with Gasteiger partial charge in [-0.1, -0.05) is 48.5 Å². The molecule has 1 atom stereocenters. The van der Waals surface area contributed by atoms with Crippen molar-refractivity contribution in [1.82, 2.24) is 0 Å².